The van der Waals surface area contributed by atoms with Crippen molar-refractivity contribution in [2.24, 2.45) is 0 Å². The monoisotopic (exact) mass is 218 g/mol. The second-order valence-electron chi connectivity index (χ2n) is 0.0833. The summed E-state index contributed by atoms with van der Waals surface area (Å²) >= 11 is 0. The van der Waals surface area contributed by atoms with Crippen molar-refractivity contribution in [2.75, 3.05) is 0 Å². The van der Waals surface area contributed by atoms with Gasteiger partial charge in [-0.15, -0.1) is 0 Å². The Bertz CT molecular complexity index is 30.6. The van der Waals surface area contributed by atoms with E-state index < -0.39 is 0 Å². The van der Waals surface area contributed by atoms with Gasteiger partial charge >= 0.3 is 55.0 Å². The van der Waals surface area contributed by atoms with Gasteiger partial charge in [-0.1, -0.05) is 0 Å². The van der Waals surface area contributed by atoms with Gasteiger partial charge in [0.15, 0.2) is 0 Å². The van der Waals surface area contributed by atoms with Crippen LogP contribution in [0.4, 0.5) is 0 Å². The Morgan fingerprint density at radius 3 is 1.20 bits per heavy atom. The number of hydrogen-bond acceptors (Lipinski definition) is 2. The SMILES string of the molecule is O=C=O.S.[BaH2]. The van der Waals surface area contributed by atoms with Gasteiger partial charge in [0, 0.05) is 0 Å². The maximum atomic E-state index is 8.12. The fourth-order valence-corrected chi connectivity index (χ4v) is 0. The topological polar surface area (TPSA) is 34.1 Å². The summed E-state index contributed by atoms with van der Waals surface area (Å²) in [6, 6.07) is 0. The molecule has 0 aliphatic rings. The van der Waals surface area contributed by atoms with Gasteiger partial charge < -0.3 is 0 Å². The van der Waals surface area contributed by atoms with Crippen molar-refractivity contribution in [3.63, 3.8) is 0 Å². The summed E-state index contributed by atoms with van der Waals surface area (Å²) < 4.78 is 0. The molecule has 0 amide bonds. The minimum absolute atomic E-state index is 0. The Morgan fingerprint density at radius 1 is 1.20 bits per heavy atom. The van der Waals surface area contributed by atoms with Crippen LogP contribution in [0.2, 0.25) is 0 Å². The first-order valence-electron chi connectivity index (χ1n) is 0.408. The van der Waals surface area contributed by atoms with E-state index in [0.29, 0.717) is 0 Å². The summed E-state index contributed by atoms with van der Waals surface area (Å²) in [5.41, 5.74) is 0. The van der Waals surface area contributed by atoms with Gasteiger partial charge in [-0.25, -0.2) is 0 Å². The van der Waals surface area contributed by atoms with Gasteiger partial charge in [-0.2, -0.15) is 23.1 Å². The van der Waals surface area contributed by atoms with E-state index >= 15 is 0 Å². The van der Waals surface area contributed by atoms with E-state index in [2.05, 4.69) is 0 Å². The summed E-state index contributed by atoms with van der Waals surface area (Å²) in [5.74, 6) is 0. The minimum atomic E-state index is 0. The third kappa shape index (κ3) is 34.1. The van der Waals surface area contributed by atoms with Crippen LogP contribution >= 0.6 is 13.5 Å². The van der Waals surface area contributed by atoms with Crippen LogP contribution in [-0.4, -0.2) is 55.0 Å². The average molecular weight is 217 g/mol. The average Bonchev–Trinajstić information content (AvgIpc) is 0.918. The maximum absolute atomic E-state index is 8.12. The van der Waals surface area contributed by atoms with Crippen LogP contribution in [0.25, 0.3) is 0 Å². The van der Waals surface area contributed by atoms with E-state index in [1.807, 2.05) is 0 Å². The van der Waals surface area contributed by atoms with Gasteiger partial charge in [-0.3, -0.25) is 0 Å². The van der Waals surface area contributed by atoms with Crippen molar-refractivity contribution in [3.8, 4) is 0 Å². The van der Waals surface area contributed by atoms with E-state index in [0.717, 1.165) is 0 Å². The predicted molar refractivity (Wildman–Crippen MR) is 23.9 cm³/mol. The zero-order valence-corrected chi connectivity index (χ0v) is 2.82. The molecule has 0 saturated heterocycles. The third-order valence-corrected chi connectivity index (χ3v) is 0. The van der Waals surface area contributed by atoms with E-state index in [9.17, 15) is 0 Å². The fourth-order valence-electron chi connectivity index (χ4n) is 0. The first kappa shape index (κ1) is 16.2. The number of hydrogen-bond donors (Lipinski definition) is 0. The van der Waals surface area contributed by atoms with Crippen LogP contribution in [0.3, 0.4) is 0 Å². The molecule has 0 aromatic rings. The Hall–Kier alpha value is 1.30. The molecule has 0 aliphatic carbocycles. The van der Waals surface area contributed by atoms with Gasteiger partial charge in [-0.05, 0) is 0 Å². The summed E-state index contributed by atoms with van der Waals surface area (Å²) in [4.78, 5) is 16.2. The molecule has 0 saturated carbocycles. The Morgan fingerprint density at radius 2 is 1.20 bits per heavy atom. The second-order valence-corrected chi connectivity index (χ2v) is 0.0833. The Kier molecular flexibility index (Phi) is 60.2. The van der Waals surface area contributed by atoms with Crippen LogP contribution in [-0.2, 0) is 9.59 Å². The standard InChI is InChI=1S/CO2.Ba.H2S.2H/c2-1-3;;;;/h;;1H2;;. The molecule has 0 heterocycles. The van der Waals surface area contributed by atoms with E-state index in [-0.39, 0.29) is 68.5 Å². The molecule has 0 fully saturated rings. The second kappa shape index (κ2) is 18.5. The summed E-state index contributed by atoms with van der Waals surface area (Å²) in [7, 11) is 0. The molecule has 0 radical (unpaired) electrons. The molecule has 2 nitrogen and oxygen atoms in total. The van der Waals surface area contributed by atoms with Gasteiger partial charge in [0.05, 0.1) is 0 Å². The predicted octanol–water partition coefficient (Wildman–Crippen LogP) is -1.39. The van der Waals surface area contributed by atoms with Crippen molar-refractivity contribution in [1.29, 1.82) is 0 Å². The van der Waals surface area contributed by atoms with Crippen molar-refractivity contribution >= 4 is 68.5 Å². The Labute approximate surface area is 76.8 Å². The zero-order valence-electron chi connectivity index (χ0n) is 1.82. The van der Waals surface area contributed by atoms with Crippen LogP contribution in [0.1, 0.15) is 0 Å². The molecule has 0 rings (SSSR count). The molecule has 0 aromatic heterocycles. The molecule has 0 N–H and O–H groups in total. The van der Waals surface area contributed by atoms with Crippen molar-refractivity contribution in [1.82, 2.24) is 0 Å². The van der Waals surface area contributed by atoms with Crippen molar-refractivity contribution in [2.45, 2.75) is 0 Å². The quantitative estimate of drug-likeness (QED) is 0.469. The van der Waals surface area contributed by atoms with Crippen LogP contribution in [0, 0.1) is 0 Å². The molecule has 0 atom stereocenters. The first-order valence-corrected chi connectivity index (χ1v) is 0.408. The van der Waals surface area contributed by atoms with Crippen molar-refractivity contribution in [3.05, 3.63) is 0 Å². The molecule has 0 aliphatic heterocycles. The molecular weight excluding hydrogens is 213 g/mol. The molecule has 0 bridgehead atoms. The molecule has 5 heavy (non-hydrogen) atoms. The zero-order chi connectivity index (χ0) is 2.71. The van der Waals surface area contributed by atoms with Crippen LogP contribution in [0.5, 0.6) is 0 Å². The van der Waals surface area contributed by atoms with Gasteiger partial charge in [0.25, 0.3) is 0 Å². The number of rotatable bonds is 0. The summed E-state index contributed by atoms with van der Waals surface area (Å²) in [6.45, 7) is 0. The molecular formula is CH4BaO2S. The van der Waals surface area contributed by atoms with Crippen LogP contribution < -0.4 is 0 Å². The molecule has 0 spiro atoms. The van der Waals surface area contributed by atoms with Gasteiger partial charge in [0.1, 0.15) is 0 Å². The van der Waals surface area contributed by atoms with E-state index in [1.54, 1.807) is 0 Å². The third-order valence-electron chi connectivity index (χ3n) is 0. The van der Waals surface area contributed by atoms with Gasteiger partial charge in [0.2, 0.25) is 0 Å². The molecule has 28 valence electrons. The van der Waals surface area contributed by atoms with Crippen molar-refractivity contribution < 1.29 is 9.59 Å². The normalized spacial score (nSPS) is 1.60. The van der Waals surface area contributed by atoms with E-state index in [1.165, 1.54) is 0 Å². The first-order chi connectivity index (χ1) is 1.41. The summed E-state index contributed by atoms with van der Waals surface area (Å²) in [5, 5.41) is 0. The molecule has 4 heteroatoms. The fraction of sp³-hybridized carbons (Fsp3) is 0. The van der Waals surface area contributed by atoms with E-state index in [4.69, 9.17) is 9.59 Å². The molecule has 0 unspecified atom stereocenters. The Balaban J connectivity index is -0.0000000200. The summed E-state index contributed by atoms with van der Waals surface area (Å²) in [6.07, 6.45) is 0.250. The molecule has 0 aromatic carbocycles. The van der Waals surface area contributed by atoms with Crippen LogP contribution in [0.15, 0.2) is 0 Å². The number of carbonyl (C=O) groups excluding carboxylic acids is 2.